The molecule has 1 heterocycles. The first-order valence-corrected chi connectivity index (χ1v) is 4.74. The predicted molar refractivity (Wildman–Crippen MR) is 51.2 cm³/mol. The van der Waals surface area contributed by atoms with Crippen LogP contribution in [-0.4, -0.2) is 15.6 Å². The maximum atomic E-state index is 11.3. The van der Waals surface area contributed by atoms with Crippen LogP contribution in [0.5, 0.6) is 0 Å². The first-order valence-electron chi connectivity index (χ1n) is 4.74. The van der Waals surface area contributed by atoms with E-state index in [-0.39, 0.29) is 17.9 Å². The van der Waals surface area contributed by atoms with E-state index in [2.05, 4.69) is 5.10 Å². The predicted octanol–water partition coefficient (Wildman–Crippen LogP) is 0.710. The lowest BCUT2D eigenvalue weighted by molar-refractivity contribution is -0.117. The third-order valence-corrected chi connectivity index (χ3v) is 2.26. The van der Waals surface area contributed by atoms with Crippen molar-refractivity contribution in [3.8, 4) is 0 Å². The van der Waals surface area contributed by atoms with Crippen LogP contribution in [0.3, 0.4) is 0 Å². The number of carbonyl (C=O) groups excluding carboxylic acids is 1. The smallest absolute Gasteiger partial charge is 0.267 e. The Morgan fingerprint density at radius 1 is 1.57 bits per heavy atom. The zero-order valence-corrected chi connectivity index (χ0v) is 8.06. The summed E-state index contributed by atoms with van der Waals surface area (Å²) in [5, 5.41) is 4.16. The van der Waals surface area contributed by atoms with E-state index < -0.39 is 0 Å². The average molecular weight is 192 g/mol. The number of nitrogens with zero attached hydrogens (tertiary/aromatic N) is 2. The van der Waals surface area contributed by atoms with Gasteiger partial charge in [-0.3, -0.25) is 9.59 Å². The normalized spacial score (nSPS) is 15.5. The van der Waals surface area contributed by atoms with E-state index in [1.807, 2.05) is 0 Å². The molecule has 1 aliphatic rings. The van der Waals surface area contributed by atoms with E-state index in [4.69, 9.17) is 0 Å². The number of hydrogen-bond acceptors (Lipinski definition) is 3. The molecule has 2 rings (SSSR count). The summed E-state index contributed by atoms with van der Waals surface area (Å²) in [5.41, 5.74) is 0.732. The summed E-state index contributed by atoms with van der Waals surface area (Å²) in [6.45, 7) is 1.54. The van der Waals surface area contributed by atoms with Crippen molar-refractivity contribution in [1.29, 1.82) is 0 Å². The molecule has 1 saturated carbocycles. The van der Waals surface area contributed by atoms with Gasteiger partial charge in [-0.05, 0) is 25.8 Å². The molecule has 0 N–H and O–H groups in total. The molecule has 4 heteroatoms. The number of ketones is 1. The Balaban J connectivity index is 2.31. The highest BCUT2D eigenvalue weighted by Crippen LogP contribution is 2.38. The summed E-state index contributed by atoms with van der Waals surface area (Å²) < 4.78 is 1.25. The van der Waals surface area contributed by atoms with Gasteiger partial charge in [0.1, 0.15) is 6.54 Å². The van der Waals surface area contributed by atoms with Crippen LogP contribution in [0.4, 0.5) is 0 Å². The number of aromatic nitrogens is 2. The molecule has 74 valence electrons. The molecule has 1 aromatic heterocycles. The Morgan fingerprint density at radius 3 is 2.86 bits per heavy atom. The van der Waals surface area contributed by atoms with Gasteiger partial charge in [0, 0.05) is 12.0 Å². The monoisotopic (exact) mass is 192 g/mol. The van der Waals surface area contributed by atoms with Gasteiger partial charge < -0.3 is 0 Å². The van der Waals surface area contributed by atoms with Crippen LogP contribution in [0.2, 0.25) is 0 Å². The molecule has 0 aromatic carbocycles. The molecule has 1 aliphatic carbocycles. The molecule has 1 aromatic rings. The van der Waals surface area contributed by atoms with Crippen molar-refractivity contribution in [2.24, 2.45) is 0 Å². The van der Waals surface area contributed by atoms with Crippen molar-refractivity contribution < 1.29 is 4.79 Å². The fourth-order valence-electron chi connectivity index (χ4n) is 1.39. The Hall–Kier alpha value is -1.45. The lowest BCUT2D eigenvalue weighted by atomic mass is 10.3. The van der Waals surface area contributed by atoms with Crippen LogP contribution < -0.4 is 5.56 Å². The lowest BCUT2D eigenvalue weighted by Crippen LogP contribution is -2.25. The summed E-state index contributed by atoms with van der Waals surface area (Å²) in [4.78, 5) is 22.2. The lowest BCUT2D eigenvalue weighted by Gasteiger charge is -2.03. The summed E-state index contributed by atoms with van der Waals surface area (Å²) in [6.07, 6.45) is 2.29. The molecular weight excluding hydrogens is 180 g/mol. The highest BCUT2D eigenvalue weighted by Gasteiger charge is 2.25. The zero-order valence-electron chi connectivity index (χ0n) is 8.06. The van der Waals surface area contributed by atoms with Gasteiger partial charge >= 0.3 is 0 Å². The topological polar surface area (TPSA) is 52.0 Å². The van der Waals surface area contributed by atoms with Gasteiger partial charge in [-0.1, -0.05) is 0 Å². The molecule has 0 amide bonds. The molecule has 0 saturated heterocycles. The Labute approximate surface area is 81.6 Å². The SMILES string of the molecule is CC(=O)Cn1nc(C2CC2)ccc1=O. The van der Waals surface area contributed by atoms with Crippen LogP contribution in [0.15, 0.2) is 16.9 Å². The standard InChI is InChI=1S/C10H12N2O2/c1-7(13)6-12-10(14)5-4-9(11-12)8-2-3-8/h4-5,8H,2-3,6H2,1H3. The minimum absolute atomic E-state index is 0.0486. The molecule has 0 atom stereocenters. The Morgan fingerprint density at radius 2 is 2.29 bits per heavy atom. The van der Waals surface area contributed by atoms with E-state index in [9.17, 15) is 9.59 Å². The van der Waals surface area contributed by atoms with Crippen LogP contribution in [0.1, 0.15) is 31.4 Å². The largest absolute Gasteiger partial charge is 0.298 e. The second-order valence-corrected chi connectivity index (χ2v) is 3.73. The molecule has 0 bridgehead atoms. The fourth-order valence-corrected chi connectivity index (χ4v) is 1.39. The van der Waals surface area contributed by atoms with Crippen molar-refractivity contribution in [1.82, 2.24) is 9.78 Å². The second kappa shape index (κ2) is 3.36. The second-order valence-electron chi connectivity index (χ2n) is 3.73. The molecule has 0 aliphatic heterocycles. The summed E-state index contributed by atoms with van der Waals surface area (Å²) in [6, 6.07) is 3.25. The molecule has 0 spiro atoms. The minimum atomic E-state index is -0.204. The van der Waals surface area contributed by atoms with Gasteiger partial charge in [-0.15, -0.1) is 0 Å². The van der Waals surface area contributed by atoms with Crippen molar-refractivity contribution >= 4 is 5.78 Å². The summed E-state index contributed by atoms with van der Waals surface area (Å²) in [7, 11) is 0. The Bertz CT molecular complexity index is 418. The summed E-state index contributed by atoms with van der Waals surface area (Å²) in [5.74, 6) is 0.460. The quantitative estimate of drug-likeness (QED) is 0.708. The fraction of sp³-hybridized carbons (Fsp3) is 0.500. The van der Waals surface area contributed by atoms with Crippen LogP contribution in [0.25, 0.3) is 0 Å². The number of rotatable bonds is 3. The molecule has 1 fully saturated rings. The highest BCUT2D eigenvalue weighted by molar-refractivity contribution is 5.75. The maximum Gasteiger partial charge on any atom is 0.267 e. The summed E-state index contributed by atoms with van der Waals surface area (Å²) >= 11 is 0. The Kier molecular flexibility index (Phi) is 2.19. The van der Waals surface area contributed by atoms with E-state index in [0.717, 1.165) is 18.5 Å². The van der Waals surface area contributed by atoms with Crippen LogP contribution in [0, 0.1) is 0 Å². The highest BCUT2D eigenvalue weighted by atomic mass is 16.1. The van der Waals surface area contributed by atoms with Crippen molar-refractivity contribution in [2.75, 3.05) is 0 Å². The van der Waals surface area contributed by atoms with E-state index in [1.165, 1.54) is 17.7 Å². The minimum Gasteiger partial charge on any atom is -0.298 e. The average Bonchev–Trinajstić information content (AvgIpc) is 2.91. The molecule has 14 heavy (non-hydrogen) atoms. The van der Waals surface area contributed by atoms with Crippen molar-refractivity contribution in [2.45, 2.75) is 32.2 Å². The van der Waals surface area contributed by atoms with E-state index >= 15 is 0 Å². The van der Waals surface area contributed by atoms with E-state index in [1.54, 1.807) is 6.07 Å². The zero-order chi connectivity index (χ0) is 10.1. The van der Waals surface area contributed by atoms with Crippen molar-refractivity contribution in [3.63, 3.8) is 0 Å². The first kappa shape index (κ1) is 9.12. The number of Topliss-reactive ketones (excluding diaryl/α,β-unsaturated/α-hetero) is 1. The molecule has 0 unspecified atom stereocenters. The number of carbonyl (C=O) groups is 1. The van der Waals surface area contributed by atoms with Crippen LogP contribution >= 0.6 is 0 Å². The van der Waals surface area contributed by atoms with Gasteiger partial charge in [0.15, 0.2) is 5.78 Å². The van der Waals surface area contributed by atoms with Gasteiger partial charge in [0.2, 0.25) is 0 Å². The third kappa shape index (κ3) is 1.89. The van der Waals surface area contributed by atoms with E-state index in [0.29, 0.717) is 5.92 Å². The van der Waals surface area contributed by atoms with Crippen molar-refractivity contribution in [3.05, 3.63) is 28.2 Å². The maximum absolute atomic E-state index is 11.3. The molecular formula is C10H12N2O2. The van der Waals surface area contributed by atoms with Gasteiger partial charge in [-0.25, -0.2) is 4.68 Å². The van der Waals surface area contributed by atoms with Gasteiger partial charge in [0.05, 0.1) is 5.69 Å². The number of hydrogen-bond donors (Lipinski definition) is 0. The van der Waals surface area contributed by atoms with Crippen LogP contribution in [-0.2, 0) is 11.3 Å². The molecule has 0 radical (unpaired) electrons. The first-order chi connectivity index (χ1) is 6.66. The third-order valence-electron chi connectivity index (χ3n) is 2.26. The van der Waals surface area contributed by atoms with Gasteiger partial charge in [-0.2, -0.15) is 5.10 Å². The molecule has 4 nitrogen and oxygen atoms in total. The van der Waals surface area contributed by atoms with Gasteiger partial charge in [0.25, 0.3) is 5.56 Å².